The molecule has 0 saturated heterocycles. The molecule has 5 nitrogen and oxygen atoms in total. The summed E-state index contributed by atoms with van der Waals surface area (Å²) in [6, 6.07) is 0. The van der Waals surface area contributed by atoms with Crippen molar-refractivity contribution < 1.29 is 24.5 Å². The molecule has 0 bridgehead atoms. The Balaban J connectivity index is 1.63. The van der Waals surface area contributed by atoms with Crippen molar-refractivity contribution in [1.82, 2.24) is 0 Å². The van der Waals surface area contributed by atoms with E-state index in [9.17, 15) is 15.0 Å². The SMILES string of the molecule is CCOC(=O)C(O)(CCCCC[C@@H]1[C@@H](CCCCC2CCC(C)CC2)CC[C@@H]1O)OCC. The molecule has 32 heavy (non-hydrogen) atoms. The Morgan fingerprint density at radius 1 is 0.875 bits per heavy atom. The van der Waals surface area contributed by atoms with E-state index in [1.165, 1.54) is 57.8 Å². The number of esters is 1. The minimum Gasteiger partial charge on any atom is -0.462 e. The number of unbranched alkanes of at least 4 members (excludes halogenated alkanes) is 3. The number of hydrogen-bond acceptors (Lipinski definition) is 5. The van der Waals surface area contributed by atoms with Gasteiger partial charge in [-0.1, -0.05) is 71.1 Å². The molecule has 2 rings (SSSR count). The quantitative estimate of drug-likeness (QED) is 0.180. The third-order valence-corrected chi connectivity index (χ3v) is 8.04. The molecule has 5 heteroatoms. The molecular formula is C27H50O5. The van der Waals surface area contributed by atoms with Gasteiger partial charge < -0.3 is 19.7 Å². The minimum absolute atomic E-state index is 0.153. The molecule has 2 aliphatic carbocycles. The predicted molar refractivity (Wildman–Crippen MR) is 128 cm³/mol. The summed E-state index contributed by atoms with van der Waals surface area (Å²) in [5.41, 5.74) is 0. The van der Waals surface area contributed by atoms with E-state index >= 15 is 0 Å². The highest BCUT2D eigenvalue weighted by molar-refractivity contribution is 5.77. The van der Waals surface area contributed by atoms with Crippen molar-refractivity contribution in [2.24, 2.45) is 23.7 Å². The van der Waals surface area contributed by atoms with Crippen LogP contribution in [0.1, 0.15) is 117 Å². The Morgan fingerprint density at radius 2 is 1.56 bits per heavy atom. The van der Waals surface area contributed by atoms with E-state index in [1.807, 2.05) is 0 Å². The summed E-state index contributed by atoms with van der Waals surface area (Å²) in [6.07, 6.45) is 16.9. The number of carbonyl (C=O) groups is 1. The average Bonchev–Trinajstić information content (AvgIpc) is 3.12. The topological polar surface area (TPSA) is 76.0 Å². The second kappa shape index (κ2) is 14.6. The molecule has 0 aromatic carbocycles. The molecule has 0 heterocycles. The van der Waals surface area contributed by atoms with Gasteiger partial charge >= 0.3 is 5.97 Å². The smallest absolute Gasteiger partial charge is 0.366 e. The molecule has 0 aromatic rings. The lowest BCUT2D eigenvalue weighted by molar-refractivity contribution is -0.229. The van der Waals surface area contributed by atoms with Gasteiger partial charge in [0.1, 0.15) is 0 Å². The Kier molecular flexibility index (Phi) is 12.6. The van der Waals surface area contributed by atoms with E-state index in [4.69, 9.17) is 9.47 Å². The molecule has 0 aliphatic heterocycles. The molecule has 0 spiro atoms. The number of hydrogen-bond donors (Lipinski definition) is 2. The summed E-state index contributed by atoms with van der Waals surface area (Å²) in [6.45, 7) is 6.38. The highest BCUT2D eigenvalue weighted by Crippen LogP contribution is 2.39. The molecule has 0 amide bonds. The fourth-order valence-corrected chi connectivity index (χ4v) is 6.01. The number of ether oxygens (including phenoxy) is 2. The van der Waals surface area contributed by atoms with E-state index in [1.54, 1.807) is 13.8 Å². The van der Waals surface area contributed by atoms with Gasteiger partial charge in [-0.25, -0.2) is 4.79 Å². The molecule has 0 aromatic heterocycles. The maximum atomic E-state index is 12.0. The Labute approximate surface area is 196 Å². The second-order valence-corrected chi connectivity index (χ2v) is 10.5. The summed E-state index contributed by atoms with van der Waals surface area (Å²) in [5, 5.41) is 21.0. The Bertz CT molecular complexity index is 516. The van der Waals surface area contributed by atoms with Crippen molar-refractivity contribution in [2.45, 2.75) is 129 Å². The van der Waals surface area contributed by atoms with Crippen LogP contribution in [-0.2, 0) is 14.3 Å². The fourth-order valence-electron chi connectivity index (χ4n) is 6.01. The molecule has 2 aliphatic rings. The van der Waals surface area contributed by atoms with Crippen molar-refractivity contribution in [1.29, 1.82) is 0 Å². The van der Waals surface area contributed by atoms with Gasteiger partial charge in [0, 0.05) is 13.0 Å². The highest BCUT2D eigenvalue weighted by atomic mass is 16.7. The summed E-state index contributed by atoms with van der Waals surface area (Å²) < 4.78 is 10.3. The van der Waals surface area contributed by atoms with E-state index in [2.05, 4.69) is 6.92 Å². The van der Waals surface area contributed by atoms with Crippen LogP contribution in [0.5, 0.6) is 0 Å². The zero-order chi connectivity index (χ0) is 23.4. The summed E-state index contributed by atoms with van der Waals surface area (Å²) in [7, 11) is 0. The van der Waals surface area contributed by atoms with E-state index in [0.717, 1.165) is 37.5 Å². The van der Waals surface area contributed by atoms with Crippen LogP contribution in [0.3, 0.4) is 0 Å². The molecule has 2 fully saturated rings. The van der Waals surface area contributed by atoms with Gasteiger partial charge in [-0.15, -0.1) is 0 Å². The van der Waals surface area contributed by atoms with E-state index in [0.29, 0.717) is 18.3 Å². The van der Waals surface area contributed by atoms with Gasteiger partial charge in [0.15, 0.2) is 0 Å². The lowest BCUT2D eigenvalue weighted by Gasteiger charge is -2.27. The first-order valence-corrected chi connectivity index (χ1v) is 13.6. The maximum Gasteiger partial charge on any atom is 0.366 e. The zero-order valence-corrected chi connectivity index (χ0v) is 21.0. The molecule has 0 radical (unpaired) electrons. The van der Waals surface area contributed by atoms with Crippen LogP contribution >= 0.6 is 0 Å². The van der Waals surface area contributed by atoms with Gasteiger partial charge in [0.05, 0.1) is 12.7 Å². The van der Waals surface area contributed by atoms with Gasteiger partial charge in [-0.3, -0.25) is 0 Å². The van der Waals surface area contributed by atoms with Crippen molar-refractivity contribution in [3.63, 3.8) is 0 Å². The highest BCUT2D eigenvalue weighted by Gasteiger charge is 2.38. The number of carbonyl (C=O) groups excluding carboxylic acids is 1. The van der Waals surface area contributed by atoms with Gasteiger partial charge in [0.25, 0.3) is 5.79 Å². The minimum atomic E-state index is -1.82. The molecule has 2 N–H and O–H groups in total. The zero-order valence-electron chi connectivity index (χ0n) is 21.0. The summed E-state index contributed by atoms with van der Waals surface area (Å²) >= 11 is 0. The van der Waals surface area contributed by atoms with Crippen LogP contribution < -0.4 is 0 Å². The molecule has 1 unspecified atom stereocenters. The Hall–Kier alpha value is -0.650. The monoisotopic (exact) mass is 454 g/mol. The van der Waals surface area contributed by atoms with Crippen LogP contribution in [0.4, 0.5) is 0 Å². The van der Waals surface area contributed by atoms with Crippen molar-refractivity contribution in [3.05, 3.63) is 0 Å². The molecular weight excluding hydrogens is 404 g/mol. The average molecular weight is 455 g/mol. The number of rotatable bonds is 15. The van der Waals surface area contributed by atoms with Crippen LogP contribution in [-0.4, -0.2) is 41.3 Å². The summed E-state index contributed by atoms with van der Waals surface area (Å²) in [4.78, 5) is 12.0. The fraction of sp³-hybridized carbons (Fsp3) is 0.963. The number of aliphatic hydroxyl groups excluding tert-OH is 1. The molecule has 2 saturated carbocycles. The molecule has 188 valence electrons. The van der Waals surface area contributed by atoms with Crippen LogP contribution in [0.2, 0.25) is 0 Å². The third-order valence-electron chi connectivity index (χ3n) is 8.04. The Morgan fingerprint density at radius 3 is 2.25 bits per heavy atom. The van der Waals surface area contributed by atoms with Crippen molar-refractivity contribution in [3.8, 4) is 0 Å². The largest absolute Gasteiger partial charge is 0.462 e. The lowest BCUT2D eigenvalue weighted by Crippen LogP contribution is -2.43. The van der Waals surface area contributed by atoms with E-state index < -0.39 is 11.8 Å². The number of aliphatic hydroxyl groups is 2. The van der Waals surface area contributed by atoms with Crippen molar-refractivity contribution in [2.75, 3.05) is 13.2 Å². The first-order chi connectivity index (χ1) is 15.4. The predicted octanol–water partition coefficient (Wildman–Crippen LogP) is 6.00. The summed E-state index contributed by atoms with van der Waals surface area (Å²) in [5.74, 6) is 0.469. The lowest BCUT2D eigenvalue weighted by atomic mass is 9.80. The first kappa shape index (κ1) is 27.6. The van der Waals surface area contributed by atoms with Gasteiger partial charge in [0.2, 0.25) is 0 Å². The molecule has 4 atom stereocenters. The first-order valence-electron chi connectivity index (χ1n) is 13.6. The maximum absolute atomic E-state index is 12.0. The third kappa shape index (κ3) is 8.95. The van der Waals surface area contributed by atoms with Crippen LogP contribution in [0.25, 0.3) is 0 Å². The van der Waals surface area contributed by atoms with Crippen LogP contribution in [0.15, 0.2) is 0 Å². The van der Waals surface area contributed by atoms with Gasteiger partial charge in [-0.2, -0.15) is 0 Å². The standard InChI is InChI=1S/C27H50O5/c1-4-31-26(29)27(30,32-5-2)20-10-6-7-13-24-23(18-19-25(24)28)12-9-8-11-22-16-14-21(3)15-17-22/h21-25,28,30H,4-20H2,1-3H3/t21?,22?,23-,24+,25-,27?/m0/s1. The van der Waals surface area contributed by atoms with Crippen LogP contribution in [0, 0.1) is 23.7 Å². The van der Waals surface area contributed by atoms with Crippen molar-refractivity contribution >= 4 is 5.97 Å². The second-order valence-electron chi connectivity index (χ2n) is 10.5. The van der Waals surface area contributed by atoms with Gasteiger partial charge in [-0.05, 0) is 63.2 Å². The normalized spacial score (nSPS) is 30.2. The van der Waals surface area contributed by atoms with E-state index in [-0.39, 0.29) is 25.7 Å².